The predicted molar refractivity (Wildman–Crippen MR) is 62.7 cm³/mol. The number of aromatic nitrogens is 4. The summed E-state index contributed by atoms with van der Waals surface area (Å²) in [4.78, 5) is 0. The van der Waals surface area contributed by atoms with E-state index in [4.69, 9.17) is 4.74 Å². The molecule has 0 atom stereocenters. The number of hydrogen-bond acceptors (Lipinski definition) is 5. The fourth-order valence-corrected chi connectivity index (χ4v) is 1.63. The van der Waals surface area contributed by atoms with Crippen LogP contribution in [0, 0.1) is 0 Å². The highest BCUT2D eigenvalue weighted by atomic mass is 16.5. The summed E-state index contributed by atoms with van der Waals surface area (Å²) >= 11 is 0. The maximum Gasteiger partial charge on any atom is 0.165 e. The van der Waals surface area contributed by atoms with Crippen molar-refractivity contribution in [3.8, 4) is 5.75 Å². The van der Waals surface area contributed by atoms with E-state index in [2.05, 4.69) is 20.8 Å². The molecule has 0 saturated heterocycles. The van der Waals surface area contributed by atoms with Gasteiger partial charge in [0.1, 0.15) is 5.75 Å². The van der Waals surface area contributed by atoms with Gasteiger partial charge >= 0.3 is 0 Å². The third-order valence-corrected chi connectivity index (χ3v) is 2.45. The lowest BCUT2D eigenvalue weighted by atomic mass is 10.2. The summed E-state index contributed by atoms with van der Waals surface area (Å²) in [5.74, 6) is 1.65. The minimum absolute atomic E-state index is 0.605. The van der Waals surface area contributed by atoms with E-state index in [1.807, 2.05) is 31.3 Å². The van der Waals surface area contributed by atoms with Gasteiger partial charge in [-0.25, -0.2) is 4.68 Å². The largest absolute Gasteiger partial charge is 0.496 e. The molecule has 90 valence electrons. The van der Waals surface area contributed by atoms with Crippen LogP contribution in [0.25, 0.3) is 0 Å². The molecule has 1 heterocycles. The molecule has 17 heavy (non-hydrogen) atoms. The van der Waals surface area contributed by atoms with Crippen molar-refractivity contribution in [2.24, 2.45) is 0 Å². The topological polar surface area (TPSA) is 64.9 Å². The number of ether oxygens (including phenoxy) is 1. The average Bonchev–Trinajstić information content (AvgIpc) is 2.78. The van der Waals surface area contributed by atoms with Gasteiger partial charge in [-0.15, -0.1) is 5.10 Å². The van der Waals surface area contributed by atoms with Crippen LogP contribution in [0.2, 0.25) is 0 Å². The van der Waals surface area contributed by atoms with E-state index < -0.39 is 0 Å². The van der Waals surface area contributed by atoms with Crippen molar-refractivity contribution in [1.82, 2.24) is 25.5 Å². The quantitative estimate of drug-likeness (QED) is 0.812. The lowest BCUT2D eigenvalue weighted by molar-refractivity contribution is 0.406. The number of para-hydroxylation sites is 1. The molecule has 2 aromatic rings. The normalized spacial score (nSPS) is 10.5. The lowest BCUT2D eigenvalue weighted by Crippen LogP contribution is -2.14. The molecule has 0 fully saturated rings. The summed E-state index contributed by atoms with van der Waals surface area (Å²) in [6.45, 7) is 1.25. The van der Waals surface area contributed by atoms with Crippen LogP contribution < -0.4 is 10.1 Å². The van der Waals surface area contributed by atoms with Crippen molar-refractivity contribution in [2.45, 2.75) is 13.1 Å². The predicted octanol–water partition coefficient (Wildman–Crippen LogP) is 0.449. The highest BCUT2D eigenvalue weighted by molar-refractivity contribution is 5.33. The van der Waals surface area contributed by atoms with E-state index in [1.54, 1.807) is 11.8 Å². The zero-order valence-electron chi connectivity index (χ0n) is 9.92. The van der Waals surface area contributed by atoms with E-state index in [9.17, 15) is 0 Å². The monoisotopic (exact) mass is 233 g/mol. The van der Waals surface area contributed by atoms with Gasteiger partial charge in [0, 0.05) is 5.56 Å². The van der Waals surface area contributed by atoms with Crippen molar-refractivity contribution in [3.63, 3.8) is 0 Å². The molecule has 0 spiro atoms. The summed E-state index contributed by atoms with van der Waals surface area (Å²) in [6.07, 6.45) is 0. The summed E-state index contributed by atoms with van der Waals surface area (Å²) in [5.41, 5.74) is 1.06. The molecule has 1 N–H and O–H groups in total. The maximum absolute atomic E-state index is 5.30. The number of nitrogens with one attached hydrogen (secondary N) is 1. The van der Waals surface area contributed by atoms with Gasteiger partial charge in [0.15, 0.2) is 5.82 Å². The zero-order valence-corrected chi connectivity index (χ0v) is 9.92. The van der Waals surface area contributed by atoms with Crippen molar-refractivity contribution in [2.75, 3.05) is 14.2 Å². The molecule has 0 bridgehead atoms. The standard InChI is InChI=1S/C11H15N5O/c1-12-7-11-13-14-15-16(11)8-9-5-3-4-6-10(9)17-2/h3-6,12H,7-8H2,1-2H3. The molecule has 1 aromatic heterocycles. The van der Waals surface area contributed by atoms with E-state index in [-0.39, 0.29) is 0 Å². The van der Waals surface area contributed by atoms with Crippen LogP contribution in [0.1, 0.15) is 11.4 Å². The van der Waals surface area contributed by atoms with Gasteiger partial charge < -0.3 is 10.1 Å². The molecule has 1 aromatic carbocycles. The SMILES string of the molecule is CNCc1nnnn1Cc1ccccc1OC. The second kappa shape index (κ2) is 5.40. The first kappa shape index (κ1) is 11.5. The van der Waals surface area contributed by atoms with Gasteiger partial charge in [-0.2, -0.15) is 0 Å². The molecular formula is C11H15N5O. The first-order chi connectivity index (χ1) is 8.35. The molecule has 0 aliphatic heterocycles. The summed E-state index contributed by atoms with van der Waals surface area (Å²) in [5, 5.41) is 14.6. The van der Waals surface area contributed by atoms with Gasteiger partial charge in [0.05, 0.1) is 20.2 Å². The zero-order chi connectivity index (χ0) is 12.1. The Labute approximate surface area is 99.6 Å². The van der Waals surface area contributed by atoms with Crippen molar-refractivity contribution >= 4 is 0 Å². The van der Waals surface area contributed by atoms with E-state index in [1.165, 1.54) is 0 Å². The fraction of sp³-hybridized carbons (Fsp3) is 0.364. The van der Waals surface area contributed by atoms with Crippen molar-refractivity contribution < 1.29 is 4.74 Å². The Balaban J connectivity index is 2.22. The van der Waals surface area contributed by atoms with Gasteiger partial charge in [-0.3, -0.25) is 0 Å². The molecule has 0 amide bonds. The first-order valence-electron chi connectivity index (χ1n) is 5.36. The van der Waals surface area contributed by atoms with Gasteiger partial charge in [0.25, 0.3) is 0 Å². The number of rotatable bonds is 5. The van der Waals surface area contributed by atoms with Crippen molar-refractivity contribution in [1.29, 1.82) is 0 Å². The number of nitrogens with zero attached hydrogens (tertiary/aromatic N) is 4. The molecule has 0 saturated carbocycles. The molecule has 0 unspecified atom stereocenters. The van der Waals surface area contributed by atoms with Crippen molar-refractivity contribution in [3.05, 3.63) is 35.7 Å². The summed E-state index contributed by atoms with van der Waals surface area (Å²) in [6, 6.07) is 7.84. The molecular weight excluding hydrogens is 218 g/mol. The minimum atomic E-state index is 0.605. The second-order valence-electron chi connectivity index (χ2n) is 3.59. The molecule has 2 rings (SSSR count). The highest BCUT2D eigenvalue weighted by Gasteiger charge is 2.08. The fourth-order valence-electron chi connectivity index (χ4n) is 1.63. The molecule has 6 nitrogen and oxygen atoms in total. The van der Waals surface area contributed by atoms with Crippen LogP contribution >= 0.6 is 0 Å². The Hall–Kier alpha value is -1.95. The Morgan fingerprint density at radius 2 is 2.18 bits per heavy atom. The van der Waals surface area contributed by atoms with Crippen LogP contribution in [0.3, 0.4) is 0 Å². The van der Waals surface area contributed by atoms with Crippen LogP contribution in [0.4, 0.5) is 0 Å². The van der Waals surface area contributed by atoms with Crippen LogP contribution in [-0.4, -0.2) is 34.4 Å². The Kier molecular flexibility index (Phi) is 3.66. The molecule has 0 radical (unpaired) electrons. The first-order valence-corrected chi connectivity index (χ1v) is 5.36. The Morgan fingerprint density at radius 1 is 1.35 bits per heavy atom. The maximum atomic E-state index is 5.30. The van der Waals surface area contributed by atoms with Gasteiger partial charge in [0.2, 0.25) is 0 Å². The second-order valence-corrected chi connectivity index (χ2v) is 3.59. The molecule has 0 aliphatic carbocycles. The van der Waals surface area contributed by atoms with Gasteiger partial charge in [-0.05, 0) is 23.5 Å². The van der Waals surface area contributed by atoms with Crippen LogP contribution in [0.5, 0.6) is 5.75 Å². The number of benzene rings is 1. The molecule has 6 heteroatoms. The minimum Gasteiger partial charge on any atom is -0.496 e. The summed E-state index contributed by atoms with van der Waals surface area (Å²) in [7, 11) is 3.52. The Bertz CT molecular complexity index is 482. The van der Waals surface area contributed by atoms with Crippen LogP contribution in [-0.2, 0) is 13.1 Å². The third-order valence-electron chi connectivity index (χ3n) is 2.45. The highest BCUT2D eigenvalue weighted by Crippen LogP contribution is 2.18. The number of hydrogen-bond donors (Lipinski definition) is 1. The Morgan fingerprint density at radius 3 is 2.94 bits per heavy atom. The number of methoxy groups -OCH3 is 1. The number of tetrazole rings is 1. The third kappa shape index (κ3) is 2.59. The lowest BCUT2D eigenvalue weighted by Gasteiger charge is -2.08. The van der Waals surface area contributed by atoms with E-state index in [0.717, 1.165) is 17.1 Å². The molecule has 0 aliphatic rings. The summed E-state index contributed by atoms with van der Waals surface area (Å²) < 4.78 is 7.05. The van der Waals surface area contributed by atoms with Gasteiger partial charge in [-0.1, -0.05) is 18.2 Å². The van der Waals surface area contributed by atoms with E-state index in [0.29, 0.717) is 13.1 Å². The average molecular weight is 233 g/mol. The van der Waals surface area contributed by atoms with Crippen LogP contribution in [0.15, 0.2) is 24.3 Å². The smallest absolute Gasteiger partial charge is 0.165 e. The van der Waals surface area contributed by atoms with E-state index >= 15 is 0 Å².